The summed E-state index contributed by atoms with van der Waals surface area (Å²) in [6, 6.07) is 4.28. The molecule has 1 aromatic rings. The van der Waals surface area contributed by atoms with Crippen LogP contribution in [0, 0.1) is 6.92 Å². The van der Waals surface area contributed by atoms with Crippen LogP contribution in [0.3, 0.4) is 0 Å². The van der Waals surface area contributed by atoms with Crippen LogP contribution in [0.1, 0.15) is 56.7 Å². The maximum absolute atomic E-state index is 12.7. The lowest BCUT2D eigenvalue weighted by Gasteiger charge is -2.45. The molecule has 0 aromatic heterocycles. The number of esters is 1. The molecule has 1 unspecified atom stereocenters. The molecule has 156 valence electrons. The average molecular weight is 417 g/mol. The minimum absolute atomic E-state index is 0.0795. The van der Waals surface area contributed by atoms with Gasteiger partial charge in [0.1, 0.15) is 6.54 Å². The number of hydrogen-bond acceptors (Lipinski definition) is 6. The molecule has 1 saturated heterocycles. The molecule has 1 atom stereocenters. The van der Waals surface area contributed by atoms with E-state index in [1.807, 2.05) is 6.92 Å². The molecule has 1 fully saturated rings. The molecule has 2 aliphatic rings. The Morgan fingerprint density at radius 2 is 2.03 bits per heavy atom. The van der Waals surface area contributed by atoms with E-state index in [2.05, 4.69) is 44.9 Å². The van der Waals surface area contributed by atoms with E-state index in [1.165, 1.54) is 11.3 Å². The summed E-state index contributed by atoms with van der Waals surface area (Å²) < 4.78 is 4.86. The van der Waals surface area contributed by atoms with Crippen LogP contribution in [0.2, 0.25) is 0 Å². The number of imide groups is 1. The van der Waals surface area contributed by atoms with Crippen LogP contribution < -0.4 is 4.90 Å². The summed E-state index contributed by atoms with van der Waals surface area (Å²) in [5.74, 6) is -0.639. The summed E-state index contributed by atoms with van der Waals surface area (Å²) >= 11 is 0.864. The number of rotatable bonds is 4. The first-order valence-corrected chi connectivity index (χ1v) is 10.7. The third kappa shape index (κ3) is 4.06. The Hall–Kier alpha value is -2.28. The van der Waals surface area contributed by atoms with Crippen LogP contribution in [0.5, 0.6) is 0 Å². The quantitative estimate of drug-likeness (QED) is 0.538. The van der Waals surface area contributed by atoms with Gasteiger partial charge in [-0.25, -0.2) is 0 Å². The molecule has 0 saturated carbocycles. The molecule has 29 heavy (non-hydrogen) atoms. The number of fused-ring (bicyclic) bond motifs is 1. The Bertz CT molecular complexity index is 906. The standard InChI is InChI=1S/C22H28N2O4S/c1-7-28-19(25)12-24-20(26)18(29-21(24)27)10-15-9-16-14(3)11-22(4,5)23(6)17(16)8-13(15)2/h8-10,14H,7,11-12H2,1-6H3/b18-10+. The number of thioether (sulfide) groups is 1. The van der Waals surface area contributed by atoms with Gasteiger partial charge in [-0.3, -0.25) is 19.3 Å². The van der Waals surface area contributed by atoms with Crippen LogP contribution in [0.25, 0.3) is 6.08 Å². The van der Waals surface area contributed by atoms with Gasteiger partial charge in [-0.1, -0.05) is 6.92 Å². The van der Waals surface area contributed by atoms with Gasteiger partial charge < -0.3 is 9.64 Å². The van der Waals surface area contributed by atoms with Crippen LogP contribution in [-0.2, 0) is 14.3 Å². The van der Waals surface area contributed by atoms with Crippen molar-refractivity contribution in [2.75, 3.05) is 25.1 Å². The number of amides is 2. The summed E-state index contributed by atoms with van der Waals surface area (Å²) in [6.45, 7) is 10.3. The monoisotopic (exact) mass is 416 g/mol. The number of anilines is 1. The molecule has 0 aliphatic carbocycles. The van der Waals surface area contributed by atoms with Crippen LogP contribution in [0.15, 0.2) is 17.0 Å². The molecular formula is C22H28N2O4S. The highest BCUT2D eigenvalue weighted by Crippen LogP contribution is 2.44. The van der Waals surface area contributed by atoms with Gasteiger partial charge in [0.2, 0.25) is 0 Å². The predicted octanol–water partition coefficient (Wildman–Crippen LogP) is 4.32. The first kappa shape index (κ1) is 21.4. The van der Waals surface area contributed by atoms with Crippen molar-refractivity contribution in [3.8, 4) is 0 Å². The fourth-order valence-electron chi connectivity index (χ4n) is 4.00. The Balaban J connectivity index is 1.92. The number of hydrogen-bond donors (Lipinski definition) is 0. The zero-order chi connectivity index (χ0) is 21.5. The van der Waals surface area contributed by atoms with Gasteiger partial charge in [0.15, 0.2) is 0 Å². The smallest absolute Gasteiger partial charge is 0.326 e. The molecule has 2 amide bonds. The molecular weight excluding hydrogens is 388 g/mol. The number of ether oxygens (including phenoxy) is 1. The largest absolute Gasteiger partial charge is 0.465 e. The molecule has 2 aliphatic heterocycles. The number of carbonyl (C=O) groups excluding carboxylic acids is 3. The Labute approximate surface area is 176 Å². The Morgan fingerprint density at radius 3 is 2.69 bits per heavy atom. The van der Waals surface area contributed by atoms with Crippen molar-refractivity contribution in [2.24, 2.45) is 0 Å². The fraction of sp³-hybridized carbons (Fsp3) is 0.500. The van der Waals surface area contributed by atoms with E-state index < -0.39 is 17.1 Å². The first-order valence-electron chi connectivity index (χ1n) is 9.84. The van der Waals surface area contributed by atoms with Crippen LogP contribution >= 0.6 is 11.8 Å². The molecule has 1 aromatic carbocycles. The minimum atomic E-state index is -0.583. The van der Waals surface area contributed by atoms with Gasteiger partial charge in [-0.05, 0) is 86.7 Å². The van der Waals surface area contributed by atoms with Crippen LogP contribution in [0.4, 0.5) is 10.5 Å². The second-order valence-corrected chi connectivity index (χ2v) is 9.31. The molecule has 3 rings (SSSR count). The van der Waals surface area contributed by atoms with Crippen molar-refractivity contribution in [3.63, 3.8) is 0 Å². The number of nitrogens with zero attached hydrogens (tertiary/aromatic N) is 2. The molecule has 0 radical (unpaired) electrons. The van der Waals surface area contributed by atoms with Crippen molar-refractivity contribution in [1.29, 1.82) is 0 Å². The second-order valence-electron chi connectivity index (χ2n) is 8.32. The third-order valence-electron chi connectivity index (χ3n) is 5.77. The minimum Gasteiger partial charge on any atom is -0.465 e. The molecule has 0 N–H and O–H groups in total. The van der Waals surface area contributed by atoms with Crippen molar-refractivity contribution < 1.29 is 19.1 Å². The molecule has 2 heterocycles. The second kappa shape index (κ2) is 7.86. The van der Waals surface area contributed by atoms with Gasteiger partial charge in [0.25, 0.3) is 11.1 Å². The highest BCUT2D eigenvalue weighted by Gasteiger charge is 2.37. The van der Waals surface area contributed by atoms with E-state index in [1.54, 1.807) is 13.0 Å². The zero-order valence-electron chi connectivity index (χ0n) is 17.9. The van der Waals surface area contributed by atoms with Gasteiger partial charge in [-0.15, -0.1) is 0 Å². The van der Waals surface area contributed by atoms with Crippen molar-refractivity contribution in [1.82, 2.24) is 4.90 Å². The lowest BCUT2D eigenvalue weighted by Crippen LogP contribution is -2.45. The molecule has 7 heteroatoms. The SMILES string of the molecule is CCOC(=O)CN1C(=O)S/C(=C/c2cc3c(cc2C)N(C)C(C)(C)CC3C)C1=O. The maximum Gasteiger partial charge on any atom is 0.326 e. The van der Waals surface area contributed by atoms with E-state index >= 15 is 0 Å². The summed E-state index contributed by atoms with van der Waals surface area (Å²) in [4.78, 5) is 40.2. The number of benzene rings is 1. The van der Waals surface area contributed by atoms with Gasteiger partial charge in [0, 0.05) is 18.3 Å². The predicted molar refractivity (Wildman–Crippen MR) is 116 cm³/mol. The van der Waals surface area contributed by atoms with Gasteiger partial charge >= 0.3 is 5.97 Å². The molecule has 0 bridgehead atoms. The van der Waals surface area contributed by atoms with E-state index in [4.69, 9.17) is 4.74 Å². The highest BCUT2D eigenvalue weighted by atomic mass is 32.2. The molecule has 0 spiro atoms. The van der Waals surface area contributed by atoms with Crippen molar-refractivity contribution in [3.05, 3.63) is 33.7 Å². The molecule has 6 nitrogen and oxygen atoms in total. The van der Waals surface area contributed by atoms with E-state index in [-0.39, 0.29) is 18.7 Å². The van der Waals surface area contributed by atoms with Crippen molar-refractivity contribution in [2.45, 2.75) is 52.5 Å². The van der Waals surface area contributed by atoms with Crippen LogP contribution in [-0.4, -0.2) is 47.8 Å². The summed E-state index contributed by atoms with van der Waals surface area (Å²) in [7, 11) is 2.12. The van der Waals surface area contributed by atoms with E-state index in [0.29, 0.717) is 10.8 Å². The highest BCUT2D eigenvalue weighted by molar-refractivity contribution is 8.18. The average Bonchev–Trinajstić information content (AvgIpc) is 2.88. The van der Waals surface area contributed by atoms with Gasteiger partial charge in [0.05, 0.1) is 11.5 Å². The third-order valence-corrected chi connectivity index (χ3v) is 6.68. The Morgan fingerprint density at radius 1 is 1.34 bits per heavy atom. The zero-order valence-corrected chi connectivity index (χ0v) is 18.7. The van der Waals surface area contributed by atoms with E-state index in [0.717, 1.165) is 34.2 Å². The first-order chi connectivity index (χ1) is 13.5. The lowest BCUT2D eigenvalue weighted by molar-refractivity contribution is -0.145. The summed E-state index contributed by atoms with van der Waals surface area (Å²) in [5.41, 5.74) is 4.49. The fourth-order valence-corrected chi connectivity index (χ4v) is 4.83. The van der Waals surface area contributed by atoms with Gasteiger partial charge in [-0.2, -0.15) is 0 Å². The number of carbonyl (C=O) groups is 3. The summed E-state index contributed by atoms with van der Waals surface area (Å²) in [6.07, 6.45) is 2.80. The Kier molecular flexibility index (Phi) is 5.81. The maximum atomic E-state index is 12.7. The van der Waals surface area contributed by atoms with E-state index in [9.17, 15) is 14.4 Å². The van der Waals surface area contributed by atoms with Crippen molar-refractivity contribution >= 4 is 40.6 Å². The summed E-state index contributed by atoms with van der Waals surface area (Å²) in [5, 5.41) is -0.445. The topological polar surface area (TPSA) is 66.9 Å². The lowest BCUT2D eigenvalue weighted by atomic mass is 9.79. The normalized spacial score (nSPS) is 22.3. The number of aryl methyl sites for hydroxylation is 1.